The van der Waals surface area contributed by atoms with Crippen molar-refractivity contribution in [3.8, 4) is 0 Å². The van der Waals surface area contributed by atoms with Crippen LogP contribution in [-0.2, 0) is 11.3 Å². The van der Waals surface area contributed by atoms with Gasteiger partial charge in [0.1, 0.15) is 17.8 Å². The minimum Gasteiger partial charge on any atom is -0.381 e. The third kappa shape index (κ3) is 5.65. The van der Waals surface area contributed by atoms with E-state index in [1.807, 2.05) is 36.9 Å². The zero-order chi connectivity index (χ0) is 23.4. The standard InChI is InChI=1S/C25H34ClN5O2/c1-17-4-5-19(14-22(17)26)15-27-24-18(2)23(28-16-29-24)25(32)31-10-6-20(7-11-31)30-12-8-21(33-3)9-13-30/h4-5,14,16,20-21H,6-13,15H2,1-3H3,(H,27,28,29). The summed E-state index contributed by atoms with van der Waals surface area (Å²) in [6, 6.07) is 6.55. The lowest BCUT2D eigenvalue weighted by Gasteiger charge is -2.41. The Morgan fingerprint density at radius 3 is 2.52 bits per heavy atom. The minimum atomic E-state index is -0.00660. The maximum Gasteiger partial charge on any atom is 0.272 e. The van der Waals surface area contributed by atoms with Crippen LogP contribution in [0.15, 0.2) is 24.5 Å². The molecule has 1 aromatic carbocycles. The monoisotopic (exact) mass is 471 g/mol. The largest absolute Gasteiger partial charge is 0.381 e. The fraction of sp³-hybridized carbons (Fsp3) is 0.560. The van der Waals surface area contributed by atoms with E-state index in [0.717, 1.165) is 73.6 Å². The van der Waals surface area contributed by atoms with Crippen molar-refractivity contribution in [1.82, 2.24) is 19.8 Å². The van der Waals surface area contributed by atoms with Gasteiger partial charge in [0.2, 0.25) is 0 Å². The van der Waals surface area contributed by atoms with Crippen LogP contribution in [0.3, 0.4) is 0 Å². The predicted octanol–water partition coefficient (Wildman–Crippen LogP) is 4.07. The maximum absolute atomic E-state index is 13.3. The van der Waals surface area contributed by atoms with E-state index in [9.17, 15) is 4.79 Å². The van der Waals surface area contributed by atoms with Crippen LogP contribution in [0.5, 0.6) is 0 Å². The molecule has 2 aromatic rings. The number of anilines is 1. The highest BCUT2D eigenvalue weighted by Crippen LogP contribution is 2.24. The summed E-state index contributed by atoms with van der Waals surface area (Å²) in [6.07, 6.45) is 6.08. The normalized spacial score (nSPS) is 18.5. The number of rotatable bonds is 6. The van der Waals surface area contributed by atoms with Crippen molar-refractivity contribution >= 4 is 23.3 Å². The first-order valence-corrected chi connectivity index (χ1v) is 12.2. The van der Waals surface area contributed by atoms with Crippen LogP contribution in [0.2, 0.25) is 5.02 Å². The molecule has 2 aliphatic rings. The van der Waals surface area contributed by atoms with Crippen molar-refractivity contribution in [1.29, 1.82) is 0 Å². The van der Waals surface area contributed by atoms with Gasteiger partial charge < -0.3 is 19.9 Å². The van der Waals surface area contributed by atoms with E-state index < -0.39 is 0 Å². The molecule has 33 heavy (non-hydrogen) atoms. The average molecular weight is 472 g/mol. The molecule has 0 atom stereocenters. The van der Waals surface area contributed by atoms with Gasteiger partial charge in [-0.2, -0.15) is 0 Å². The Morgan fingerprint density at radius 1 is 1.12 bits per heavy atom. The first-order valence-electron chi connectivity index (χ1n) is 11.8. The molecule has 2 fully saturated rings. The van der Waals surface area contributed by atoms with Crippen LogP contribution in [0.4, 0.5) is 5.82 Å². The Kier molecular flexibility index (Phi) is 7.83. The maximum atomic E-state index is 13.3. The number of aryl methyl sites for hydroxylation is 1. The van der Waals surface area contributed by atoms with E-state index in [2.05, 4.69) is 20.2 Å². The summed E-state index contributed by atoms with van der Waals surface area (Å²) in [6.45, 7) is 8.18. The highest BCUT2D eigenvalue weighted by atomic mass is 35.5. The van der Waals surface area contributed by atoms with Crippen LogP contribution >= 0.6 is 11.6 Å². The summed E-state index contributed by atoms with van der Waals surface area (Å²) in [5, 5.41) is 4.08. The average Bonchev–Trinajstić information content (AvgIpc) is 2.85. The third-order valence-electron chi connectivity index (χ3n) is 7.06. The molecule has 7 nitrogen and oxygen atoms in total. The second-order valence-corrected chi connectivity index (χ2v) is 9.53. The van der Waals surface area contributed by atoms with Gasteiger partial charge in [0.15, 0.2) is 0 Å². The summed E-state index contributed by atoms with van der Waals surface area (Å²) < 4.78 is 5.49. The van der Waals surface area contributed by atoms with Gasteiger partial charge in [0.25, 0.3) is 5.91 Å². The molecule has 1 amide bonds. The molecule has 178 valence electrons. The van der Waals surface area contributed by atoms with Gasteiger partial charge in [0, 0.05) is 56.5 Å². The molecule has 8 heteroatoms. The summed E-state index contributed by atoms with van der Waals surface area (Å²) in [5.74, 6) is 0.675. The Hall–Kier alpha value is -2.22. The number of nitrogens with one attached hydrogen (secondary N) is 1. The topological polar surface area (TPSA) is 70.6 Å². The molecule has 0 aliphatic carbocycles. The van der Waals surface area contributed by atoms with Crippen LogP contribution in [0, 0.1) is 13.8 Å². The van der Waals surface area contributed by atoms with Crippen molar-refractivity contribution in [2.24, 2.45) is 0 Å². The second kappa shape index (κ2) is 10.8. The van der Waals surface area contributed by atoms with Gasteiger partial charge in [-0.25, -0.2) is 9.97 Å². The number of carbonyl (C=O) groups excluding carboxylic acids is 1. The molecule has 4 rings (SSSR count). The lowest BCUT2D eigenvalue weighted by atomic mass is 9.98. The van der Waals surface area contributed by atoms with E-state index in [4.69, 9.17) is 16.3 Å². The van der Waals surface area contributed by atoms with Gasteiger partial charge in [0.05, 0.1) is 6.10 Å². The molecule has 0 unspecified atom stereocenters. The number of hydrogen-bond donors (Lipinski definition) is 1. The molecule has 3 heterocycles. The van der Waals surface area contributed by atoms with E-state index in [1.54, 1.807) is 7.11 Å². The molecule has 2 aliphatic heterocycles. The summed E-state index contributed by atoms with van der Waals surface area (Å²) in [5.41, 5.74) is 3.38. The summed E-state index contributed by atoms with van der Waals surface area (Å²) in [7, 11) is 1.80. The quantitative estimate of drug-likeness (QED) is 0.684. The number of nitrogens with zero attached hydrogens (tertiary/aromatic N) is 4. The van der Waals surface area contributed by atoms with Gasteiger partial charge in [-0.3, -0.25) is 4.79 Å². The van der Waals surface area contributed by atoms with E-state index in [0.29, 0.717) is 30.2 Å². The summed E-state index contributed by atoms with van der Waals surface area (Å²) >= 11 is 6.24. The van der Waals surface area contributed by atoms with Crippen LogP contribution in [-0.4, -0.2) is 71.1 Å². The van der Waals surface area contributed by atoms with E-state index >= 15 is 0 Å². The SMILES string of the molecule is COC1CCN(C2CCN(C(=O)c3ncnc(NCc4ccc(C)c(Cl)c4)c3C)CC2)CC1. The van der Waals surface area contributed by atoms with Crippen molar-refractivity contribution in [3.63, 3.8) is 0 Å². The number of amides is 1. The number of hydrogen-bond acceptors (Lipinski definition) is 6. The third-order valence-corrected chi connectivity index (χ3v) is 7.47. The molecule has 0 radical (unpaired) electrons. The Bertz CT molecular complexity index is 969. The van der Waals surface area contributed by atoms with Gasteiger partial charge in [-0.15, -0.1) is 0 Å². The van der Waals surface area contributed by atoms with Crippen LogP contribution in [0.25, 0.3) is 0 Å². The first kappa shape index (κ1) is 23.9. The lowest BCUT2D eigenvalue weighted by Crippen LogP contribution is -2.49. The first-order chi connectivity index (χ1) is 16.0. The number of carbonyl (C=O) groups is 1. The Labute approximate surface area is 201 Å². The Balaban J connectivity index is 1.34. The zero-order valence-corrected chi connectivity index (χ0v) is 20.6. The number of ether oxygens (including phenoxy) is 1. The molecular weight excluding hydrogens is 438 g/mol. The number of likely N-dealkylation sites (tertiary alicyclic amines) is 2. The predicted molar refractivity (Wildman–Crippen MR) is 131 cm³/mol. The van der Waals surface area contributed by atoms with Gasteiger partial charge in [-0.05, 0) is 56.7 Å². The summed E-state index contributed by atoms with van der Waals surface area (Å²) in [4.78, 5) is 26.5. The fourth-order valence-electron chi connectivity index (χ4n) is 4.84. The van der Waals surface area contributed by atoms with Crippen LogP contribution in [0.1, 0.15) is 52.9 Å². The van der Waals surface area contributed by atoms with E-state index in [1.165, 1.54) is 6.33 Å². The fourth-order valence-corrected chi connectivity index (χ4v) is 5.04. The zero-order valence-electron chi connectivity index (χ0n) is 19.8. The highest BCUT2D eigenvalue weighted by molar-refractivity contribution is 6.31. The molecule has 2 saturated heterocycles. The minimum absolute atomic E-state index is 0.00660. The van der Waals surface area contributed by atoms with Crippen LogP contribution < -0.4 is 5.32 Å². The number of benzene rings is 1. The molecule has 0 saturated carbocycles. The Morgan fingerprint density at radius 2 is 1.85 bits per heavy atom. The number of halogens is 1. The lowest BCUT2D eigenvalue weighted by molar-refractivity contribution is 0.0144. The smallest absolute Gasteiger partial charge is 0.272 e. The molecule has 0 bridgehead atoms. The van der Waals surface area contributed by atoms with Gasteiger partial charge >= 0.3 is 0 Å². The van der Waals surface area contributed by atoms with Crippen molar-refractivity contribution < 1.29 is 9.53 Å². The van der Waals surface area contributed by atoms with Crippen molar-refractivity contribution in [2.75, 3.05) is 38.6 Å². The number of aromatic nitrogens is 2. The molecule has 1 aromatic heterocycles. The molecule has 0 spiro atoms. The number of methoxy groups -OCH3 is 1. The van der Waals surface area contributed by atoms with Crippen molar-refractivity contribution in [3.05, 3.63) is 51.9 Å². The van der Waals surface area contributed by atoms with Crippen molar-refractivity contribution in [2.45, 2.75) is 58.2 Å². The molecule has 1 N–H and O–H groups in total. The molecular formula is C25H34ClN5O2. The number of piperidine rings is 2. The van der Waals surface area contributed by atoms with Gasteiger partial charge in [-0.1, -0.05) is 23.7 Å². The second-order valence-electron chi connectivity index (χ2n) is 9.13. The van der Waals surface area contributed by atoms with E-state index in [-0.39, 0.29) is 5.91 Å². The highest BCUT2D eigenvalue weighted by Gasteiger charge is 2.31.